The van der Waals surface area contributed by atoms with E-state index in [0.29, 0.717) is 14.5 Å². The molecular formula is C10H9N3Se. The zero-order valence-corrected chi connectivity index (χ0v) is 9.13. The number of hydrogen-bond acceptors (Lipinski definition) is 2. The predicted octanol–water partition coefficient (Wildman–Crippen LogP) is 1.70. The SMILES string of the molecule is c1c[nH]cn1.c1ccc2[se]cnc2c1. The normalized spacial score (nSPS) is 9.43. The van der Waals surface area contributed by atoms with Crippen molar-refractivity contribution in [1.29, 1.82) is 0 Å². The summed E-state index contributed by atoms with van der Waals surface area (Å²) in [5.74, 6) is 0. The average Bonchev–Trinajstić information content (AvgIpc) is 2.92. The van der Waals surface area contributed by atoms with Gasteiger partial charge in [0.15, 0.2) is 0 Å². The van der Waals surface area contributed by atoms with Gasteiger partial charge >= 0.3 is 58.6 Å². The van der Waals surface area contributed by atoms with Crippen molar-refractivity contribution < 1.29 is 0 Å². The van der Waals surface area contributed by atoms with Crippen LogP contribution in [0.2, 0.25) is 0 Å². The van der Waals surface area contributed by atoms with Gasteiger partial charge in [-0.1, -0.05) is 0 Å². The zero-order chi connectivity index (χ0) is 9.64. The summed E-state index contributed by atoms with van der Waals surface area (Å²) >= 11 is 0.511. The first kappa shape index (κ1) is 9.19. The van der Waals surface area contributed by atoms with Crippen LogP contribution < -0.4 is 0 Å². The van der Waals surface area contributed by atoms with Crippen molar-refractivity contribution in [2.24, 2.45) is 0 Å². The molecule has 0 bridgehead atoms. The van der Waals surface area contributed by atoms with Gasteiger partial charge in [0, 0.05) is 12.4 Å². The van der Waals surface area contributed by atoms with Gasteiger partial charge in [-0.25, -0.2) is 4.98 Å². The first-order valence-electron chi connectivity index (χ1n) is 4.18. The number of aromatic nitrogens is 3. The fourth-order valence-electron chi connectivity index (χ4n) is 1.02. The van der Waals surface area contributed by atoms with E-state index in [4.69, 9.17) is 0 Å². The maximum absolute atomic E-state index is 4.20. The van der Waals surface area contributed by atoms with E-state index >= 15 is 0 Å². The Hall–Kier alpha value is -1.38. The van der Waals surface area contributed by atoms with Crippen LogP contribution in [0.4, 0.5) is 0 Å². The molecule has 0 unspecified atom stereocenters. The number of benzene rings is 1. The second-order valence-electron chi connectivity index (χ2n) is 2.58. The van der Waals surface area contributed by atoms with Gasteiger partial charge in [-0.15, -0.1) is 0 Å². The number of nitrogens with one attached hydrogen (secondary N) is 1. The molecule has 1 aromatic carbocycles. The van der Waals surface area contributed by atoms with Gasteiger partial charge in [-0.3, -0.25) is 0 Å². The summed E-state index contributed by atoms with van der Waals surface area (Å²) in [6, 6.07) is 8.29. The molecule has 14 heavy (non-hydrogen) atoms. The van der Waals surface area contributed by atoms with E-state index < -0.39 is 0 Å². The number of imidazole rings is 1. The molecule has 70 valence electrons. The quantitative estimate of drug-likeness (QED) is 0.617. The molecule has 1 N–H and O–H groups in total. The van der Waals surface area contributed by atoms with Crippen molar-refractivity contribution in [2.75, 3.05) is 0 Å². The third-order valence-corrected chi connectivity index (χ3v) is 3.34. The molecule has 2 heterocycles. The predicted molar refractivity (Wildman–Crippen MR) is 57.3 cm³/mol. The Balaban J connectivity index is 0.000000128. The molecule has 0 radical (unpaired) electrons. The molecule has 0 fully saturated rings. The van der Waals surface area contributed by atoms with E-state index in [-0.39, 0.29) is 0 Å². The molecule has 0 amide bonds. The number of H-pyrrole nitrogens is 1. The van der Waals surface area contributed by atoms with E-state index in [0.717, 1.165) is 5.52 Å². The summed E-state index contributed by atoms with van der Waals surface area (Å²) in [6.07, 6.45) is 5.08. The second-order valence-corrected chi connectivity index (χ2v) is 4.44. The summed E-state index contributed by atoms with van der Waals surface area (Å²) in [4.78, 5) is 10.6. The minimum atomic E-state index is 0.511. The van der Waals surface area contributed by atoms with Crippen LogP contribution in [0.1, 0.15) is 0 Å². The van der Waals surface area contributed by atoms with E-state index in [2.05, 4.69) is 33.2 Å². The molecule has 0 aliphatic carbocycles. The van der Waals surface area contributed by atoms with Crippen molar-refractivity contribution in [3.05, 3.63) is 48.1 Å². The molecule has 3 rings (SSSR count). The third-order valence-electron chi connectivity index (χ3n) is 1.64. The number of nitrogens with zero attached hydrogens (tertiary/aromatic N) is 2. The summed E-state index contributed by atoms with van der Waals surface area (Å²) < 4.78 is 1.41. The Bertz CT molecular complexity index is 425. The van der Waals surface area contributed by atoms with E-state index in [9.17, 15) is 0 Å². The van der Waals surface area contributed by atoms with Crippen LogP contribution in [-0.4, -0.2) is 29.5 Å². The van der Waals surface area contributed by atoms with Gasteiger partial charge in [0.25, 0.3) is 0 Å². The molecule has 0 saturated heterocycles. The van der Waals surface area contributed by atoms with Crippen LogP contribution in [0.5, 0.6) is 0 Å². The van der Waals surface area contributed by atoms with Crippen LogP contribution in [0.3, 0.4) is 0 Å². The summed E-state index contributed by atoms with van der Waals surface area (Å²) in [7, 11) is 0. The first-order valence-corrected chi connectivity index (χ1v) is 6.02. The van der Waals surface area contributed by atoms with E-state index in [1.165, 1.54) is 4.26 Å². The monoisotopic (exact) mass is 251 g/mol. The van der Waals surface area contributed by atoms with Crippen LogP contribution >= 0.6 is 0 Å². The Morgan fingerprint density at radius 1 is 1.21 bits per heavy atom. The van der Waals surface area contributed by atoms with Gasteiger partial charge < -0.3 is 4.98 Å². The minimum absolute atomic E-state index is 0.511. The number of para-hydroxylation sites is 1. The van der Waals surface area contributed by atoms with Crippen molar-refractivity contribution in [1.82, 2.24) is 15.0 Å². The Morgan fingerprint density at radius 2 is 2.14 bits per heavy atom. The van der Waals surface area contributed by atoms with E-state index in [1.807, 2.05) is 11.1 Å². The van der Waals surface area contributed by atoms with Crippen LogP contribution in [0.15, 0.2) is 48.1 Å². The number of rotatable bonds is 0. The molecule has 4 heteroatoms. The molecule has 3 aromatic rings. The zero-order valence-electron chi connectivity index (χ0n) is 7.42. The third kappa shape index (κ3) is 2.31. The maximum atomic E-state index is 4.20. The van der Waals surface area contributed by atoms with Crippen LogP contribution in [0, 0.1) is 0 Å². The molecule has 0 atom stereocenters. The fraction of sp³-hybridized carbons (Fsp3) is 0. The van der Waals surface area contributed by atoms with Gasteiger partial charge in [0.1, 0.15) is 0 Å². The number of aromatic amines is 1. The topological polar surface area (TPSA) is 41.6 Å². The summed E-state index contributed by atoms with van der Waals surface area (Å²) in [5, 5.41) is 2.01. The molecule has 0 saturated carbocycles. The Kier molecular flexibility index (Phi) is 3.11. The van der Waals surface area contributed by atoms with Gasteiger partial charge in [-0.05, 0) is 0 Å². The number of hydrogen-bond donors (Lipinski definition) is 1. The molecule has 3 nitrogen and oxygen atoms in total. The number of fused-ring (bicyclic) bond motifs is 1. The van der Waals surface area contributed by atoms with Crippen molar-refractivity contribution in [3.8, 4) is 0 Å². The van der Waals surface area contributed by atoms with Crippen molar-refractivity contribution >= 4 is 24.3 Å². The molecule has 0 spiro atoms. The molecular weight excluding hydrogens is 241 g/mol. The average molecular weight is 250 g/mol. The second kappa shape index (κ2) is 4.74. The van der Waals surface area contributed by atoms with Gasteiger partial charge in [0.05, 0.1) is 6.33 Å². The first-order chi connectivity index (χ1) is 6.97. The standard InChI is InChI=1S/C7H5NSe.C3H4N2/c1-2-4-7-6(3-1)8-5-9-7;1-2-5-3-4-1/h1-5H;1-3H,(H,4,5). The van der Waals surface area contributed by atoms with Crippen LogP contribution in [0.25, 0.3) is 9.78 Å². The van der Waals surface area contributed by atoms with E-state index in [1.54, 1.807) is 18.7 Å². The van der Waals surface area contributed by atoms with Crippen molar-refractivity contribution in [2.45, 2.75) is 0 Å². The fourth-order valence-corrected chi connectivity index (χ4v) is 2.44. The van der Waals surface area contributed by atoms with Gasteiger partial charge in [-0.2, -0.15) is 0 Å². The molecule has 0 aliphatic rings. The van der Waals surface area contributed by atoms with Crippen LogP contribution in [-0.2, 0) is 0 Å². The van der Waals surface area contributed by atoms with Crippen molar-refractivity contribution in [3.63, 3.8) is 0 Å². The molecule has 2 aromatic heterocycles. The Labute approximate surface area is 87.6 Å². The summed E-state index contributed by atoms with van der Waals surface area (Å²) in [6.45, 7) is 0. The molecule has 0 aliphatic heterocycles. The Morgan fingerprint density at radius 3 is 2.79 bits per heavy atom. The summed E-state index contributed by atoms with van der Waals surface area (Å²) in [5.41, 5.74) is 1.16. The van der Waals surface area contributed by atoms with Gasteiger partial charge in [0.2, 0.25) is 0 Å².